The number of thiazole rings is 1. The van der Waals surface area contributed by atoms with E-state index in [-0.39, 0.29) is 5.75 Å². The Bertz CT molecular complexity index is 840. The molecule has 0 amide bonds. The minimum atomic E-state index is 0.240. The number of anilines is 2. The van der Waals surface area contributed by atoms with E-state index in [1.807, 2.05) is 48.7 Å². The van der Waals surface area contributed by atoms with Gasteiger partial charge in [-0.25, -0.2) is 4.98 Å². The highest BCUT2D eigenvalue weighted by atomic mass is 32.1. The lowest BCUT2D eigenvalue weighted by Gasteiger charge is -2.02. The fraction of sp³-hybridized carbons (Fsp3) is 0.0588. The van der Waals surface area contributed by atoms with Crippen LogP contribution in [-0.2, 0) is 0 Å². The number of nitrogens with two attached hydrogens (primary N) is 1. The van der Waals surface area contributed by atoms with Crippen LogP contribution >= 0.6 is 11.3 Å². The van der Waals surface area contributed by atoms with Crippen molar-refractivity contribution in [1.82, 2.24) is 4.98 Å². The summed E-state index contributed by atoms with van der Waals surface area (Å²) in [6.07, 6.45) is 0. The van der Waals surface area contributed by atoms with Gasteiger partial charge in [-0.15, -0.1) is 11.3 Å². The number of hydrogen-bond donors (Lipinski definition) is 3. The number of nitrogens with zero attached hydrogens (tertiary/aromatic N) is 2. The molecule has 1 aromatic heterocycles. The second-order valence-corrected chi connectivity index (χ2v) is 5.88. The van der Waals surface area contributed by atoms with E-state index in [4.69, 9.17) is 5.73 Å². The number of phenols is 1. The Hall–Kier alpha value is -2.86. The lowest BCUT2D eigenvalue weighted by molar-refractivity contribution is 0.475. The zero-order chi connectivity index (χ0) is 16.2. The molecular weight excluding hydrogens is 308 g/mol. The summed E-state index contributed by atoms with van der Waals surface area (Å²) in [5, 5.41) is 16.3. The summed E-state index contributed by atoms with van der Waals surface area (Å²) in [5.41, 5.74) is 13.0. The normalized spacial score (nSPS) is 11.4. The lowest BCUT2D eigenvalue weighted by atomic mass is 10.1. The van der Waals surface area contributed by atoms with Crippen LogP contribution in [0.15, 0.2) is 59.0 Å². The summed E-state index contributed by atoms with van der Waals surface area (Å²) in [6, 6.07) is 14.5. The Morgan fingerprint density at radius 2 is 2.00 bits per heavy atom. The number of hydrogen-bond acceptors (Lipinski definition) is 6. The van der Waals surface area contributed by atoms with E-state index in [1.165, 1.54) is 11.3 Å². The van der Waals surface area contributed by atoms with Gasteiger partial charge in [0.15, 0.2) is 0 Å². The van der Waals surface area contributed by atoms with Gasteiger partial charge in [0.2, 0.25) is 5.13 Å². The van der Waals surface area contributed by atoms with E-state index in [1.54, 1.807) is 12.1 Å². The minimum Gasteiger partial charge on any atom is -0.508 e. The first kappa shape index (κ1) is 15.1. The molecule has 0 atom stereocenters. The first-order valence-electron chi connectivity index (χ1n) is 7.03. The summed E-state index contributed by atoms with van der Waals surface area (Å²) in [6.45, 7) is 1.91. The van der Waals surface area contributed by atoms with Gasteiger partial charge in [-0.2, -0.15) is 5.10 Å². The van der Waals surface area contributed by atoms with E-state index in [0.29, 0.717) is 10.8 Å². The van der Waals surface area contributed by atoms with Crippen molar-refractivity contribution in [2.75, 3.05) is 11.2 Å². The van der Waals surface area contributed by atoms with Crippen LogP contribution in [0.1, 0.15) is 12.5 Å². The minimum absolute atomic E-state index is 0.240. The zero-order valence-corrected chi connectivity index (χ0v) is 13.3. The van der Waals surface area contributed by atoms with Crippen LogP contribution in [0.5, 0.6) is 5.75 Å². The first-order chi connectivity index (χ1) is 11.1. The highest BCUT2D eigenvalue weighted by Crippen LogP contribution is 2.26. The second kappa shape index (κ2) is 6.50. The van der Waals surface area contributed by atoms with E-state index in [0.717, 1.165) is 22.5 Å². The van der Waals surface area contributed by atoms with E-state index in [2.05, 4.69) is 15.5 Å². The number of benzene rings is 2. The molecule has 0 saturated heterocycles. The largest absolute Gasteiger partial charge is 0.508 e. The summed E-state index contributed by atoms with van der Waals surface area (Å²) in [5.74, 6) is 0.240. The summed E-state index contributed by atoms with van der Waals surface area (Å²) in [7, 11) is 0. The maximum atomic E-state index is 9.33. The van der Waals surface area contributed by atoms with Crippen molar-refractivity contribution < 1.29 is 5.11 Å². The number of hydrazone groups is 1. The average molecular weight is 324 g/mol. The summed E-state index contributed by atoms with van der Waals surface area (Å²) in [4.78, 5) is 4.49. The Labute approximate surface area is 138 Å². The standard InChI is InChI=1S/C17H16N4OS/c1-11(13-3-2-4-14(18)9-13)20-21-17-19-16(10-23-17)12-5-7-15(22)8-6-12/h2-10,22H,18H2,1H3,(H,19,21)/b20-11+. The molecule has 23 heavy (non-hydrogen) atoms. The number of rotatable bonds is 4. The molecule has 0 unspecified atom stereocenters. The quantitative estimate of drug-likeness (QED) is 0.386. The molecular formula is C17H16N4OS. The van der Waals surface area contributed by atoms with Crippen LogP contribution in [0.2, 0.25) is 0 Å². The lowest BCUT2D eigenvalue weighted by Crippen LogP contribution is -2.00. The molecule has 0 aliphatic carbocycles. The van der Waals surface area contributed by atoms with E-state index < -0.39 is 0 Å². The fourth-order valence-electron chi connectivity index (χ4n) is 2.05. The number of aromatic nitrogens is 1. The van der Waals surface area contributed by atoms with Crippen LogP contribution < -0.4 is 11.2 Å². The van der Waals surface area contributed by atoms with Gasteiger partial charge >= 0.3 is 0 Å². The molecule has 0 radical (unpaired) electrons. The Kier molecular flexibility index (Phi) is 4.25. The molecule has 0 aliphatic rings. The van der Waals surface area contributed by atoms with Crippen molar-refractivity contribution in [2.24, 2.45) is 5.10 Å². The van der Waals surface area contributed by atoms with Gasteiger partial charge in [0, 0.05) is 16.6 Å². The van der Waals surface area contributed by atoms with Crippen molar-refractivity contribution in [3.05, 3.63) is 59.5 Å². The molecule has 0 aliphatic heterocycles. The third kappa shape index (κ3) is 3.67. The van der Waals surface area contributed by atoms with Crippen LogP contribution in [0.3, 0.4) is 0 Å². The molecule has 0 spiro atoms. The molecule has 5 nitrogen and oxygen atoms in total. The van der Waals surface area contributed by atoms with Crippen molar-refractivity contribution >= 4 is 27.9 Å². The third-order valence-corrected chi connectivity index (χ3v) is 4.04. The highest BCUT2D eigenvalue weighted by molar-refractivity contribution is 7.14. The highest BCUT2D eigenvalue weighted by Gasteiger charge is 2.04. The second-order valence-electron chi connectivity index (χ2n) is 5.02. The summed E-state index contributed by atoms with van der Waals surface area (Å²) >= 11 is 1.47. The van der Waals surface area contributed by atoms with E-state index >= 15 is 0 Å². The smallest absolute Gasteiger partial charge is 0.203 e. The monoisotopic (exact) mass is 324 g/mol. The SMILES string of the molecule is C/C(=N\Nc1nc(-c2ccc(O)cc2)cs1)c1cccc(N)c1. The zero-order valence-electron chi connectivity index (χ0n) is 12.5. The Balaban J connectivity index is 1.74. The third-order valence-electron chi connectivity index (χ3n) is 3.29. The van der Waals surface area contributed by atoms with Gasteiger partial charge in [-0.05, 0) is 48.9 Å². The molecule has 1 heterocycles. The molecule has 4 N–H and O–H groups in total. The fourth-order valence-corrected chi connectivity index (χ4v) is 2.71. The van der Waals surface area contributed by atoms with Crippen LogP contribution in [-0.4, -0.2) is 15.8 Å². The van der Waals surface area contributed by atoms with Crippen LogP contribution in [0.4, 0.5) is 10.8 Å². The summed E-state index contributed by atoms with van der Waals surface area (Å²) < 4.78 is 0. The molecule has 2 aromatic carbocycles. The van der Waals surface area contributed by atoms with Crippen molar-refractivity contribution in [2.45, 2.75) is 6.92 Å². The molecule has 3 rings (SSSR count). The van der Waals surface area contributed by atoms with Gasteiger partial charge in [-0.1, -0.05) is 12.1 Å². The molecule has 0 bridgehead atoms. The average Bonchev–Trinajstić information content (AvgIpc) is 3.02. The molecule has 0 fully saturated rings. The molecule has 116 valence electrons. The van der Waals surface area contributed by atoms with E-state index in [9.17, 15) is 5.11 Å². The predicted octanol–water partition coefficient (Wildman–Crippen LogP) is 3.93. The number of nitrogen functional groups attached to an aromatic ring is 1. The Morgan fingerprint density at radius 1 is 1.22 bits per heavy atom. The molecule has 3 aromatic rings. The Morgan fingerprint density at radius 3 is 2.74 bits per heavy atom. The van der Waals surface area contributed by atoms with Gasteiger partial charge in [-0.3, -0.25) is 5.43 Å². The van der Waals surface area contributed by atoms with Crippen molar-refractivity contribution in [3.8, 4) is 17.0 Å². The number of aromatic hydroxyl groups is 1. The molecule has 6 heteroatoms. The van der Waals surface area contributed by atoms with Gasteiger partial charge in [0.1, 0.15) is 5.75 Å². The van der Waals surface area contributed by atoms with Gasteiger partial charge < -0.3 is 10.8 Å². The van der Waals surface area contributed by atoms with Crippen LogP contribution in [0.25, 0.3) is 11.3 Å². The van der Waals surface area contributed by atoms with Crippen LogP contribution in [0, 0.1) is 0 Å². The number of phenolic OH excluding ortho intramolecular Hbond substituents is 1. The van der Waals surface area contributed by atoms with Crippen molar-refractivity contribution in [3.63, 3.8) is 0 Å². The van der Waals surface area contributed by atoms with Gasteiger partial charge in [0.05, 0.1) is 11.4 Å². The first-order valence-corrected chi connectivity index (χ1v) is 7.91. The predicted molar refractivity (Wildman–Crippen MR) is 95.9 cm³/mol. The van der Waals surface area contributed by atoms with Gasteiger partial charge in [0.25, 0.3) is 0 Å². The molecule has 0 saturated carbocycles. The number of nitrogens with one attached hydrogen (secondary N) is 1. The maximum absolute atomic E-state index is 9.33. The van der Waals surface area contributed by atoms with Crippen molar-refractivity contribution in [1.29, 1.82) is 0 Å². The topological polar surface area (TPSA) is 83.5 Å². The maximum Gasteiger partial charge on any atom is 0.203 e.